The van der Waals surface area contributed by atoms with Crippen LogP contribution in [0, 0.1) is 11.8 Å². The lowest BCUT2D eigenvalue weighted by molar-refractivity contribution is -0.134. The summed E-state index contributed by atoms with van der Waals surface area (Å²) in [6, 6.07) is 0.897. The van der Waals surface area contributed by atoms with Crippen molar-refractivity contribution in [2.24, 2.45) is 17.6 Å². The average molecular weight is 294 g/mol. The number of hydrogen-bond donors (Lipinski definition) is 1. The third-order valence-electron chi connectivity index (χ3n) is 5.24. The van der Waals surface area contributed by atoms with Crippen LogP contribution in [0.5, 0.6) is 0 Å². The van der Waals surface area contributed by atoms with E-state index >= 15 is 0 Å². The highest BCUT2D eigenvalue weighted by Crippen LogP contribution is 2.29. The molecule has 0 aromatic carbocycles. The number of carbonyl (C=O) groups is 1. The van der Waals surface area contributed by atoms with Gasteiger partial charge in [0.05, 0.1) is 0 Å². The lowest BCUT2D eigenvalue weighted by Gasteiger charge is -2.32. The smallest absolute Gasteiger partial charge is 0.222 e. The van der Waals surface area contributed by atoms with Crippen LogP contribution in [-0.2, 0) is 4.79 Å². The molecule has 2 saturated carbocycles. The van der Waals surface area contributed by atoms with E-state index in [-0.39, 0.29) is 0 Å². The van der Waals surface area contributed by atoms with Crippen LogP contribution >= 0.6 is 0 Å². The summed E-state index contributed by atoms with van der Waals surface area (Å²) in [4.78, 5) is 14.9. The molecule has 0 bridgehead atoms. The fourth-order valence-electron chi connectivity index (χ4n) is 4.13. The first kappa shape index (κ1) is 16.8. The number of carbonyl (C=O) groups excluding carboxylic acids is 1. The van der Waals surface area contributed by atoms with Crippen LogP contribution < -0.4 is 5.73 Å². The molecule has 3 heteroatoms. The zero-order chi connectivity index (χ0) is 15.2. The van der Waals surface area contributed by atoms with Gasteiger partial charge in [0.2, 0.25) is 5.91 Å². The molecular weight excluding hydrogens is 260 g/mol. The van der Waals surface area contributed by atoms with Gasteiger partial charge in [-0.3, -0.25) is 4.79 Å². The van der Waals surface area contributed by atoms with Crippen molar-refractivity contribution in [2.45, 2.75) is 90.1 Å². The predicted molar refractivity (Wildman–Crippen MR) is 88.0 cm³/mol. The second-order valence-electron chi connectivity index (χ2n) is 7.71. The number of nitrogens with two attached hydrogens (primary N) is 1. The van der Waals surface area contributed by atoms with Crippen molar-refractivity contribution in [2.75, 3.05) is 6.54 Å². The SMILES string of the molecule is CC(C)CN(C(=O)CCC1CCCC(N)C1)C1CCCC1. The van der Waals surface area contributed by atoms with E-state index in [9.17, 15) is 4.79 Å². The molecule has 0 saturated heterocycles. The minimum absolute atomic E-state index is 0.375. The molecule has 0 aromatic heterocycles. The van der Waals surface area contributed by atoms with Crippen molar-refractivity contribution in [1.82, 2.24) is 4.90 Å². The topological polar surface area (TPSA) is 46.3 Å². The molecule has 0 aliphatic heterocycles. The maximum absolute atomic E-state index is 12.7. The highest BCUT2D eigenvalue weighted by molar-refractivity contribution is 5.76. The Kier molecular flexibility index (Phi) is 6.53. The Hall–Kier alpha value is -0.570. The highest BCUT2D eigenvalue weighted by Gasteiger charge is 2.28. The van der Waals surface area contributed by atoms with E-state index in [0.717, 1.165) is 25.8 Å². The molecule has 1 amide bonds. The summed E-state index contributed by atoms with van der Waals surface area (Å²) in [5.41, 5.74) is 6.06. The third kappa shape index (κ3) is 5.28. The van der Waals surface area contributed by atoms with E-state index in [1.54, 1.807) is 0 Å². The largest absolute Gasteiger partial charge is 0.339 e. The Balaban J connectivity index is 1.82. The van der Waals surface area contributed by atoms with Gasteiger partial charge in [-0.25, -0.2) is 0 Å². The first-order chi connectivity index (χ1) is 10.1. The van der Waals surface area contributed by atoms with Crippen LogP contribution in [0.2, 0.25) is 0 Å². The van der Waals surface area contributed by atoms with Crippen LogP contribution in [-0.4, -0.2) is 29.4 Å². The molecule has 0 heterocycles. The van der Waals surface area contributed by atoms with E-state index in [1.807, 2.05) is 0 Å². The molecule has 2 rings (SSSR count). The zero-order valence-electron chi connectivity index (χ0n) is 14.0. The minimum atomic E-state index is 0.375. The molecule has 2 aliphatic rings. The first-order valence-corrected chi connectivity index (χ1v) is 9.11. The van der Waals surface area contributed by atoms with Gasteiger partial charge in [-0.2, -0.15) is 0 Å². The third-order valence-corrected chi connectivity index (χ3v) is 5.24. The Morgan fingerprint density at radius 1 is 1.14 bits per heavy atom. The summed E-state index contributed by atoms with van der Waals surface area (Å²) < 4.78 is 0. The van der Waals surface area contributed by atoms with Crippen LogP contribution in [0.1, 0.15) is 78.1 Å². The second kappa shape index (κ2) is 8.17. The van der Waals surface area contributed by atoms with Gasteiger partial charge in [0, 0.05) is 25.0 Å². The van der Waals surface area contributed by atoms with Gasteiger partial charge in [-0.05, 0) is 43.9 Å². The van der Waals surface area contributed by atoms with Gasteiger partial charge in [0.25, 0.3) is 0 Å². The average Bonchev–Trinajstić information content (AvgIpc) is 2.96. The fraction of sp³-hybridized carbons (Fsp3) is 0.944. The lowest BCUT2D eigenvalue weighted by Crippen LogP contribution is -2.41. The summed E-state index contributed by atoms with van der Waals surface area (Å²) in [6.45, 7) is 5.37. The Morgan fingerprint density at radius 3 is 2.48 bits per heavy atom. The van der Waals surface area contributed by atoms with Crippen LogP contribution in [0.4, 0.5) is 0 Å². The van der Waals surface area contributed by atoms with E-state index in [4.69, 9.17) is 5.73 Å². The summed E-state index contributed by atoms with van der Waals surface area (Å²) in [5, 5.41) is 0. The van der Waals surface area contributed by atoms with Gasteiger partial charge < -0.3 is 10.6 Å². The predicted octanol–water partition coefficient (Wildman–Crippen LogP) is 3.71. The first-order valence-electron chi connectivity index (χ1n) is 9.11. The van der Waals surface area contributed by atoms with Crippen molar-refractivity contribution in [3.05, 3.63) is 0 Å². The summed E-state index contributed by atoms with van der Waals surface area (Å²) in [6.07, 6.45) is 11.6. The Bertz CT molecular complexity index is 323. The van der Waals surface area contributed by atoms with Crippen molar-refractivity contribution < 1.29 is 4.79 Å². The van der Waals surface area contributed by atoms with Crippen molar-refractivity contribution in [3.8, 4) is 0 Å². The number of hydrogen-bond acceptors (Lipinski definition) is 2. The molecule has 3 nitrogen and oxygen atoms in total. The number of nitrogens with zero attached hydrogens (tertiary/aromatic N) is 1. The van der Waals surface area contributed by atoms with E-state index in [0.29, 0.717) is 29.8 Å². The zero-order valence-corrected chi connectivity index (χ0v) is 14.0. The van der Waals surface area contributed by atoms with Crippen LogP contribution in [0.25, 0.3) is 0 Å². The molecule has 2 unspecified atom stereocenters. The van der Waals surface area contributed by atoms with Crippen LogP contribution in [0.15, 0.2) is 0 Å². The van der Waals surface area contributed by atoms with Gasteiger partial charge in [0.15, 0.2) is 0 Å². The molecular formula is C18H34N2O. The van der Waals surface area contributed by atoms with Gasteiger partial charge >= 0.3 is 0 Å². The summed E-state index contributed by atoms with van der Waals surface area (Å²) >= 11 is 0. The van der Waals surface area contributed by atoms with Gasteiger partial charge in [0.1, 0.15) is 0 Å². The Morgan fingerprint density at radius 2 is 1.86 bits per heavy atom. The number of amides is 1. The van der Waals surface area contributed by atoms with E-state index in [1.165, 1.54) is 44.9 Å². The lowest BCUT2D eigenvalue weighted by atomic mass is 9.83. The summed E-state index contributed by atoms with van der Waals surface area (Å²) in [5.74, 6) is 1.65. The molecule has 21 heavy (non-hydrogen) atoms. The van der Waals surface area contributed by atoms with Gasteiger partial charge in [-0.1, -0.05) is 39.5 Å². The normalized spacial score (nSPS) is 27.2. The molecule has 122 valence electrons. The second-order valence-corrected chi connectivity index (χ2v) is 7.71. The standard InChI is InChI=1S/C18H34N2O/c1-14(2)13-20(17-8-3-4-9-17)18(21)11-10-15-6-5-7-16(19)12-15/h14-17H,3-13,19H2,1-2H3. The maximum Gasteiger partial charge on any atom is 0.222 e. The van der Waals surface area contributed by atoms with Crippen molar-refractivity contribution >= 4 is 5.91 Å². The monoisotopic (exact) mass is 294 g/mol. The number of rotatable bonds is 6. The van der Waals surface area contributed by atoms with E-state index < -0.39 is 0 Å². The Labute approximate surface area is 130 Å². The van der Waals surface area contributed by atoms with Gasteiger partial charge in [-0.15, -0.1) is 0 Å². The van der Waals surface area contributed by atoms with Crippen LogP contribution in [0.3, 0.4) is 0 Å². The molecule has 2 atom stereocenters. The molecule has 2 N–H and O–H groups in total. The minimum Gasteiger partial charge on any atom is -0.339 e. The highest BCUT2D eigenvalue weighted by atomic mass is 16.2. The summed E-state index contributed by atoms with van der Waals surface area (Å²) in [7, 11) is 0. The molecule has 2 fully saturated rings. The van der Waals surface area contributed by atoms with E-state index in [2.05, 4.69) is 18.7 Å². The molecule has 0 aromatic rings. The van der Waals surface area contributed by atoms with Crippen molar-refractivity contribution in [3.63, 3.8) is 0 Å². The molecule has 2 aliphatic carbocycles. The van der Waals surface area contributed by atoms with Crippen molar-refractivity contribution in [1.29, 1.82) is 0 Å². The fourth-order valence-corrected chi connectivity index (χ4v) is 4.13. The molecule has 0 radical (unpaired) electrons. The maximum atomic E-state index is 12.7. The quantitative estimate of drug-likeness (QED) is 0.811. The molecule has 0 spiro atoms.